The third-order valence-electron chi connectivity index (χ3n) is 5.02. The molecule has 1 aromatic carbocycles. The standard InChI is InChI=1S/C21H34BNO5/c1-19(2,3)26-18(24)23(8)14-9-15-25-17-12-10-16(11-13-17)22-27-20(4,5)21(6,7)28-22/h10-13H,9,14-15H2,1-8H3. The Labute approximate surface area is 169 Å². The van der Waals surface area contributed by atoms with E-state index in [1.165, 1.54) is 0 Å². The van der Waals surface area contributed by atoms with Crippen molar-refractivity contribution in [2.24, 2.45) is 0 Å². The van der Waals surface area contributed by atoms with E-state index in [9.17, 15) is 4.79 Å². The van der Waals surface area contributed by atoms with Crippen LogP contribution in [0.2, 0.25) is 0 Å². The first-order valence-corrected chi connectivity index (χ1v) is 9.83. The van der Waals surface area contributed by atoms with Gasteiger partial charge in [-0.1, -0.05) is 12.1 Å². The average molecular weight is 391 g/mol. The topological polar surface area (TPSA) is 57.2 Å². The zero-order valence-electron chi connectivity index (χ0n) is 18.5. The first kappa shape index (κ1) is 22.6. The quantitative estimate of drug-likeness (QED) is 0.548. The Kier molecular flexibility index (Phi) is 6.72. The van der Waals surface area contributed by atoms with Gasteiger partial charge in [0, 0.05) is 13.6 Å². The van der Waals surface area contributed by atoms with Gasteiger partial charge in [0.15, 0.2) is 0 Å². The van der Waals surface area contributed by atoms with E-state index in [1.807, 2.05) is 72.7 Å². The van der Waals surface area contributed by atoms with Gasteiger partial charge in [0.25, 0.3) is 0 Å². The number of rotatable bonds is 6. The SMILES string of the molecule is CN(CCCOc1ccc(B2OC(C)(C)C(C)(C)O2)cc1)C(=O)OC(C)(C)C. The van der Waals surface area contributed by atoms with E-state index in [0.29, 0.717) is 19.6 Å². The highest BCUT2D eigenvalue weighted by Crippen LogP contribution is 2.36. The molecule has 0 atom stereocenters. The minimum absolute atomic E-state index is 0.320. The Morgan fingerprint density at radius 3 is 2.11 bits per heavy atom. The van der Waals surface area contributed by atoms with Crippen LogP contribution in [0.25, 0.3) is 0 Å². The summed E-state index contributed by atoms with van der Waals surface area (Å²) in [4.78, 5) is 13.5. The molecule has 1 aliphatic heterocycles. The molecule has 0 radical (unpaired) electrons. The van der Waals surface area contributed by atoms with E-state index in [0.717, 1.165) is 11.2 Å². The molecule has 1 fully saturated rings. The zero-order valence-corrected chi connectivity index (χ0v) is 18.5. The van der Waals surface area contributed by atoms with Gasteiger partial charge in [-0.15, -0.1) is 0 Å². The van der Waals surface area contributed by atoms with Gasteiger partial charge < -0.3 is 23.7 Å². The van der Waals surface area contributed by atoms with Crippen LogP contribution in [0.15, 0.2) is 24.3 Å². The third kappa shape index (κ3) is 5.88. The highest BCUT2D eigenvalue weighted by molar-refractivity contribution is 6.62. The molecular formula is C21H34BNO5. The lowest BCUT2D eigenvalue weighted by molar-refractivity contribution is 0.00578. The predicted molar refractivity (Wildman–Crippen MR) is 111 cm³/mol. The molecule has 6 nitrogen and oxygen atoms in total. The molecular weight excluding hydrogens is 357 g/mol. The average Bonchev–Trinajstić information content (AvgIpc) is 2.78. The Morgan fingerprint density at radius 2 is 1.61 bits per heavy atom. The van der Waals surface area contributed by atoms with Gasteiger partial charge in [-0.2, -0.15) is 0 Å². The van der Waals surface area contributed by atoms with Gasteiger partial charge in [-0.05, 0) is 72.5 Å². The second kappa shape index (κ2) is 8.33. The van der Waals surface area contributed by atoms with Crippen molar-refractivity contribution in [1.82, 2.24) is 4.90 Å². The molecule has 1 aliphatic rings. The van der Waals surface area contributed by atoms with Crippen molar-refractivity contribution in [3.05, 3.63) is 24.3 Å². The van der Waals surface area contributed by atoms with Crippen molar-refractivity contribution in [3.63, 3.8) is 0 Å². The van der Waals surface area contributed by atoms with Gasteiger partial charge in [-0.3, -0.25) is 0 Å². The molecule has 0 bridgehead atoms. The molecule has 0 N–H and O–H groups in total. The number of hydrogen-bond acceptors (Lipinski definition) is 5. The lowest BCUT2D eigenvalue weighted by atomic mass is 9.79. The summed E-state index contributed by atoms with van der Waals surface area (Å²) >= 11 is 0. The monoisotopic (exact) mass is 391 g/mol. The number of amides is 1. The molecule has 2 rings (SSSR count). The van der Waals surface area contributed by atoms with E-state index in [4.69, 9.17) is 18.8 Å². The van der Waals surface area contributed by atoms with Crippen LogP contribution in [0.5, 0.6) is 5.75 Å². The minimum Gasteiger partial charge on any atom is -0.494 e. The van der Waals surface area contributed by atoms with Crippen molar-refractivity contribution in [1.29, 1.82) is 0 Å². The summed E-state index contributed by atoms with van der Waals surface area (Å²) < 4.78 is 23.2. The van der Waals surface area contributed by atoms with Crippen LogP contribution in [0.4, 0.5) is 4.79 Å². The smallest absolute Gasteiger partial charge is 0.494 e. The fourth-order valence-electron chi connectivity index (χ4n) is 2.62. The van der Waals surface area contributed by atoms with Gasteiger partial charge in [-0.25, -0.2) is 4.79 Å². The molecule has 1 heterocycles. The van der Waals surface area contributed by atoms with Crippen molar-refractivity contribution >= 4 is 18.7 Å². The fraction of sp³-hybridized carbons (Fsp3) is 0.667. The molecule has 0 unspecified atom stereocenters. The second-order valence-corrected chi connectivity index (χ2v) is 9.26. The van der Waals surface area contributed by atoms with Crippen LogP contribution in [0.1, 0.15) is 54.9 Å². The lowest BCUT2D eigenvalue weighted by Gasteiger charge is -2.32. The number of ether oxygens (including phenoxy) is 2. The Bertz CT molecular complexity index is 650. The van der Waals surface area contributed by atoms with Crippen molar-refractivity contribution < 1.29 is 23.6 Å². The number of hydrogen-bond donors (Lipinski definition) is 0. The number of carbonyl (C=O) groups excluding carboxylic acids is 1. The molecule has 0 aliphatic carbocycles. The first-order valence-electron chi connectivity index (χ1n) is 9.83. The molecule has 0 aromatic heterocycles. The van der Waals surface area contributed by atoms with Crippen molar-refractivity contribution in [3.8, 4) is 5.75 Å². The van der Waals surface area contributed by atoms with E-state index in [1.54, 1.807) is 11.9 Å². The summed E-state index contributed by atoms with van der Waals surface area (Å²) in [5, 5.41) is 0. The number of carbonyl (C=O) groups is 1. The zero-order chi connectivity index (χ0) is 21.2. The van der Waals surface area contributed by atoms with E-state index >= 15 is 0 Å². The minimum atomic E-state index is -0.485. The molecule has 1 aromatic rings. The summed E-state index contributed by atoms with van der Waals surface area (Å²) in [7, 11) is 1.36. The summed E-state index contributed by atoms with van der Waals surface area (Å²) in [5.41, 5.74) is -0.225. The largest absolute Gasteiger partial charge is 0.494 e. The summed E-state index contributed by atoms with van der Waals surface area (Å²) in [5.74, 6) is 0.778. The van der Waals surface area contributed by atoms with Crippen molar-refractivity contribution in [2.75, 3.05) is 20.2 Å². The van der Waals surface area contributed by atoms with Crippen LogP contribution < -0.4 is 10.2 Å². The van der Waals surface area contributed by atoms with E-state index in [2.05, 4.69) is 0 Å². The molecule has 28 heavy (non-hydrogen) atoms. The maximum absolute atomic E-state index is 11.9. The van der Waals surface area contributed by atoms with Crippen LogP contribution in [-0.2, 0) is 14.0 Å². The van der Waals surface area contributed by atoms with Gasteiger partial charge in [0.2, 0.25) is 0 Å². The Morgan fingerprint density at radius 1 is 1.07 bits per heavy atom. The molecule has 0 spiro atoms. The Balaban J connectivity index is 1.77. The van der Waals surface area contributed by atoms with Crippen LogP contribution in [-0.4, -0.2) is 55.1 Å². The van der Waals surface area contributed by atoms with E-state index < -0.39 is 5.60 Å². The summed E-state index contributed by atoms with van der Waals surface area (Å²) in [6.07, 6.45) is 0.397. The molecule has 7 heteroatoms. The van der Waals surface area contributed by atoms with Crippen LogP contribution in [0.3, 0.4) is 0 Å². The maximum atomic E-state index is 11.9. The maximum Gasteiger partial charge on any atom is 0.494 e. The number of benzene rings is 1. The van der Waals surface area contributed by atoms with Gasteiger partial charge in [0.1, 0.15) is 11.4 Å². The molecule has 1 saturated heterocycles. The van der Waals surface area contributed by atoms with Crippen molar-refractivity contribution in [2.45, 2.75) is 71.7 Å². The molecule has 1 amide bonds. The first-order chi connectivity index (χ1) is 12.8. The highest BCUT2D eigenvalue weighted by Gasteiger charge is 2.51. The van der Waals surface area contributed by atoms with E-state index in [-0.39, 0.29) is 24.4 Å². The van der Waals surface area contributed by atoms with Gasteiger partial charge in [0.05, 0.1) is 17.8 Å². The third-order valence-corrected chi connectivity index (χ3v) is 5.02. The summed E-state index contributed by atoms with van der Waals surface area (Å²) in [6, 6.07) is 7.75. The number of nitrogens with zero attached hydrogens (tertiary/aromatic N) is 1. The fourth-order valence-corrected chi connectivity index (χ4v) is 2.62. The molecule has 156 valence electrons. The highest BCUT2D eigenvalue weighted by atomic mass is 16.7. The Hall–Kier alpha value is -1.73. The van der Waals surface area contributed by atoms with Crippen LogP contribution in [0, 0.1) is 0 Å². The molecule has 0 saturated carbocycles. The predicted octanol–water partition coefficient (Wildman–Crippen LogP) is 3.62. The van der Waals surface area contributed by atoms with Gasteiger partial charge >= 0.3 is 13.2 Å². The lowest BCUT2D eigenvalue weighted by Crippen LogP contribution is -2.41. The normalized spacial score (nSPS) is 18.1. The van der Waals surface area contributed by atoms with Crippen LogP contribution >= 0.6 is 0 Å². The second-order valence-electron chi connectivity index (χ2n) is 9.26. The summed E-state index contributed by atoms with van der Waals surface area (Å²) in [6.45, 7) is 14.8.